The van der Waals surface area contributed by atoms with Gasteiger partial charge in [-0.3, -0.25) is 9.59 Å². The normalized spacial score (nSPS) is 11.7. The molecule has 0 aliphatic rings. The number of rotatable bonds is 11. The summed E-state index contributed by atoms with van der Waals surface area (Å²) in [5, 5.41) is 5.19. The smallest absolute Gasteiger partial charge is 0.243 e. The van der Waals surface area contributed by atoms with Crippen LogP contribution >= 0.6 is 0 Å². The third-order valence-corrected chi connectivity index (χ3v) is 6.61. The fourth-order valence-corrected chi connectivity index (χ4v) is 4.63. The lowest BCUT2D eigenvalue weighted by atomic mass is 9.99. The maximum Gasteiger partial charge on any atom is 0.243 e. The van der Waals surface area contributed by atoms with Crippen molar-refractivity contribution in [3.63, 3.8) is 0 Å². The van der Waals surface area contributed by atoms with E-state index in [4.69, 9.17) is 0 Å². The van der Waals surface area contributed by atoms with E-state index in [9.17, 15) is 14.0 Å². The Bertz CT molecular complexity index is 1330. The van der Waals surface area contributed by atoms with E-state index in [1.54, 1.807) is 23.1 Å². The van der Waals surface area contributed by atoms with Crippen LogP contribution in [0.3, 0.4) is 0 Å². The molecule has 0 fully saturated rings. The number of benzene rings is 4. The minimum absolute atomic E-state index is 0.0259. The zero-order valence-corrected chi connectivity index (χ0v) is 21.2. The molecule has 0 radical (unpaired) electrons. The molecule has 0 saturated carbocycles. The van der Waals surface area contributed by atoms with Crippen molar-refractivity contribution in [3.05, 3.63) is 120 Å². The molecular formula is C32H33FN2O2. The molecule has 0 bridgehead atoms. The Labute approximate surface area is 218 Å². The van der Waals surface area contributed by atoms with E-state index in [0.717, 1.165) is 28.3 Å². The molecule has 0 saturated heterocycles. The first kappa shape index (κ1) is 26.1. The first-order valence-electron chi connectivity index (χ1n) is 12.9. The lowest BCUT2D eigenvalue weighted by Gasteiger charge is -2.32. The van der Waals surface area contributed by atoms with E-state index in [1.807, 2.05) is 61.5 Å². The van der Waals surface area contributed by atoms with Gasteiger partial charge >= 0.3 is 0 Å². The van der Waals surface area contributed by atoms with Crippen LogP contribution in [-0.2, 0) is 29.0 Å². The topological polar surface area (TPSA) is 49.4 Å². The second kappa shape index (κ2) is 12.8. The average molecular weight is 497 g/mol. The third-order valence-electron chi connectivity index (χ3n) is 6.61. The molecule has 4 aromatic carbocycles. The van der Waals surface area contributed by atoms with Crippen molar-refractivity contribution in [2.24, 2.45) is 0 Å². The van der Waals surface area contributed by atoms with Crippen LogP contribution in [0.1, 0.15) is 36.5 Å². The maximum atomic E-state index is 14.7. The Morgan fingerprint density at radius 1 is 0.838 bits per heavy atom. The highest BCUT2D eigenvalue weighted by Gasteiger charge is 2.30. The number of nitrogens with zero attached hydrogens (tertiary/aromatic N) is 1. The summed E-state index contributed by atoms with van der Waals surface area (Å²) in [6.07, 6.45) is 1.88. The van der Waals surface area contributed by atoms with E-state index in [0.29, 0.717) is 24.9 Å². The van der Waals surface area contributed by atoms with Gasteiger partial charge in [-0.15, -0.1) is 0 Å². The fourth-order valence-electron chi connectivity index (χ4n) is 4.63. The monoisotopic (exact) mass is 496 g/mol. The summed E-state index contributed by atoms with van der Waals surface area (Å²) >= 11 is 0. The zero-order valence-electron chi connectivity index (χ0n) is 21.2. The Kier molecular flexibility index (Phi) is 9.03. The molecule has 4 nitrogen and oxygen atoms in total. The van der Waals surface area contributed by atoms with Gasteiger partial charge in [0.05, 0.1) is 0 Å². The number of carbonyl (C=O) groups excluding carboxylic acids is 2. The van der Waals surface area contributed by atoms with Gasteiger partial charge in [-0.05, 0) is 40.8 Å². The summed E-state index contributed by atoms with van der Waals surface area (Å²) < 4.78 is 14.7. The predicted octanol–water partition coefficient (Wildman–Crippen LogP) is 6.08. The van der Waals surface area contributed by atoms with Crippen molar-refractivity contribution in [1.82, 2.24) is 10.2 Å². The van der Waals surface area contributed by atoms with Crippen LogP contribution < -0.4 is 5.32 Å². The Morgan fingerprint density at radius 3 is 2.30 bits per heavy atom. The fraction of sp³-hybridized carbons (Fsp3) is 0.250. The highest BCUT2D eigenvalue weighted by atomic mass is 19.1. The van der Waals surface area contributed by atoms with Gasteiger partial charge in [-0.25, -0.2) is 4.39 Å². The first-order valence-corrected chi connectivity index (χ1v) is 12.9. The van der Waals surface area contributed by atoms with Crippen LogP contribution in [-0.4, -0.2) is 29.3 Å². The number of aryl methyl sites for hydroxylation is 1. The molecule has 4 aromatic rings. The van der Waals surface area contributed by atoms with E-state index in [2.05, 4.69) is 23.5 Å². The van der Waals surface area contributed by atoms with E-state index < -0.39 is 6.04 Å². The van der Waals surface area contributed by atoms with Gasteiger partial charge in [-0.1, -0.05) is 97.9 Å². The molecule has 1 N–H and O–H groups in total. The van der Waals surface area contributed by atoms with Crippen LogP contribution in [0, 0.1) is 5.82 Å². The lowest BCUT2D eigenvalue weighted by molar-refractivity contribution is -0.141. The highest BCUT2D eigenvalue weighted by molar-refractivity contribution is 5.89. The number of halogens is 1. The largest absolute Gasteiger partial charge is 0.354 e. The number of amides is 2. The van der Waals surface area contributed by atoms with Gasteiger partial charge in [0, 0.05) is 31.5 Å². The molecule has 0 aliphatic carbocycles. The number of carbonyl (C=O) groups is 2. The van der Waals surface area contributed by atoms with Crippen LogP contribution in [0.15, 0.2) is 97.1 Å². The van der Waals surface area contributed by atoms with Gasteiger partial charge in [0.15, 0.2) is 0 Å². The molecule has 1 atom stereocenters. The molecule has 0 heterocycles. The molecule has 0 aromatic heterocycles. The van der Waals surface area contributed by atoms with E-state index in [1.165, 1.54) is 6.07 Å². The average Bonchev–Trinajstić information content (AvgIpc) is 2.93. The van der Waals surface area contributed by atoms with Gasteiger partial charge in [0.1, 0.15) is 11.9 Å². The quantitative estimate of drug-likeness (QED) is 0.274. The second-order valence-corrected chi connectivity index (χ2v) is 9.25. The number of hydrogen-bond donors (Lipinski definition) is 1. The summed E-state index contributed by atoms with van der Waals surface area (Å²) in [4.78, 5) is 28.7. The van der Waals surface area contributed by atoms with Crippen LogP contribution in [0.5, 0.6) is 0 Å². The molecule has 0 spiro atoms. The zero-order chi connectivity index (χ0) is 26.0. The third kappa shape index (κ3) is 6.82. The predicted molar refractivity (Wildman–Crippen MR) is 146 cm³/mol. The molecule has 37 heavy (non-hydrogen) atoms. The maximum absolute atomic E-state index is 14.7. The van der Waals surface area contributed by atoms with Gasteiger partial charge in [0.2, 0.25) is 11.8 Å². The molecule has 2 amide bonds. The van der Waals surface area contributed by atoms with Crippen molar-refractivity contribution < 1.29 is 14.0 Å². The second-order valence-electron chi connectivity index (χ2n) is 9.25. The van der Waals surface area contributed by atoms with E-state index in [-0.39, 0.29) is 30.6 Å². The summed E-state index contributed by atoms with van der Waals surface area (Å²) in [5.41, 5.74) is 2.41. The van der Waals surface area contributed by atoms with Crippen molar-refractivity contribution in [2.75, 3.05) is 6.54 Å². The first-order chi connectivity index (χ1) is 18.1. The summed E-state index contributed by atoms with van der Waals surface area (Å²) in [6.45, 7) is 2.53. The Balaban J connectivity index is 1.64. The minimum atomic E-state index is -0.756. The standard InChI is InChI=1S/C32H33FN2O2/c1-2-21-34-32(37)30(22-24-11-4-3-5-12-24)35(23-27-14-7-9-18-29(27)33)31(36)20-19-26-16-10-15-25-13-6-8-17-28(25)26/h3-18,30H,2,19-23H2,1H3,(H,34,37). The Hall–Kier alpha value is -3.99. The molecule has 0 aliphatic heterocycles. The SMILES string of the molecule is CCCNC(=O)C(Cc1ccccc1)N(Cc1ccccc1F)C(=O)CCc1cccc2ccccc12. The number of nitrogens with one attached hydrogen (secondary N) is 1. The lowest BCUT2D eigenvalue weighted by Crippen LogP contribution is -2.50. The Morgan fingerprint density at radius 2 is 1.51 bits per heavy atom. The van der Waals surface area contributed by atoms with Gasteiger partial charge in [-0.2, -0.15) is 0 Å². The highest BCUT2D eigenvalue weighted by Crippen LogP contribution is 2.22. The van der Waals surface area contributed by atoms with Gasteiger partial charge < -0.3 is 10.2 Å². The van der Waals surface area contributed by atoms with Crippen LogP contribution in [0.25, 0.3) is 10.8 Å². The molecular weight excluding hydrogens is 463 g/mol. The van der Waals surface area contributed by atoms with Crippen molar-refractivity contribution in [2.45, 2.75) is 45.2 Å². The van der Waals surface area contributed by atoms with Crippen molar-refractivity contribution >= 4 is 22.6 Å². The molecule has 190 valence electrons. The van der Waals surface area contributed by atoms with Gasteiger partial charge in [0.25, 0.3) is 0 Å². The summed E-state index contributed by atoms with van der Waals surface area (Å²) in [5.74, 6) is -0.786. The molecule has 4 rings (SSSR count). The number of hydrogen-bond acceptors (Lipinski definition) is 2. The van der Waals surface area contributed by atoms with E-state index >= 15 is 0 Å². The van der Waals surface area contributed by atoms with Crippen molar-refractivity contribution in [1.29, 1.82) is 0 Å². The van der Waals surface area contributed by atoms with Crippen molar-refractivity contribution in [3.8, 4) is 0 Å². The molecule has 5 heteroatoms. The van der Waals surface area contributed by atoms with Crippen LogP contribution in [0.2, 0.25) is 0 Å². The minimum Gasteiger partial charge on any atom is -0.354 e. The summed E-state index contributed by atoms with van der Waals surface area (Å²) in [6, 6.07) is 29.5. The summed E-state index contributed by atoms with van der Waals surface area (Å²) in [7, 11) is 0. The molecule has 1 unspecified atom stereocenters. The van der Waals surface area contributed by atoms with Crippen LogP contribution in [0.4, 0.5) is 4.39 Å². The number of fused-ring (bicyclic) bond motifs is 1.